The summed E-state index contributed by atoms with van der Waals surface area (Å²) in [7, 11) is 1.51. The first-order valence-electron chi connectivity index (χ1n) is 3.33. The Morgan fingerprint density at radius 3 is 2.20 bits per heavy atom. The number of alkyl halides is 1. The van der Waals surface area contributed by atoms with E-state index in [1.165, 1.54) is 14.0 Å². The molecule has 1 atom stereocenters. The van der Waals surface area contributed by atoms with Gasteiger partial charge in [0.1, 0.15) is 12.0 Å². The highest BCUT2D eigenvalue weighted by Crippen LogP contribution is 2.12. The van der Waals surface area contributed by atoms with Crippen LogP contribution in [0.15, 0.2) is 11.5 Å². The molecule has 0 heterocycles. The lowest BCUT2D eigenvalue weighted by atomic mass is 10.2. The van der Waals surface area contributed by atoms with E-state index in [-0.39, 0.29) is 12.1 Å². The first-order valence-corrected chi connectivity index (χ1v) is 3.33. The van der Waals surface area contributed by atoms with E-state index in [0.717, 1.165) is 0 Å². The molecule has 0 aliphatic carbocycles. The summed E-state index contributed by atoms with van der Waals surface area (Å²) in [6.07, 6.45) is -1.00. The molecule has 0 saturated heterocycles. The van der Waals surface area contributed by atoms with Gasteiger partial charge in [0, 0.05) is 7.05 Å². The Hall–Kier alpha value is -0.600. The maximum Gasteiger partial charge on any atom is 0.139 e. The van der Waals surface area contributed by atoms with Gasteiger partial charge in [0.05, 0.1) is 5.70 Å². The summed E-state index contributed by atoms with van der Waals surface area (Å²) in [6, 6.07) is 0. The van der Waals surface area contributed by atoms with Crippen molar-refractivity contribution < 1.29 is 8.78 Å². The minimum Gasteiger partial charge on any atom is -0.387 e. The SMILES string of the molecule is CC/C(F)=C(\NC)C(C)F. The Bertz CT molecular complexity index is 130. The van der Waals surface area contributed by atoms with E-state index in [4.69, 9.17) is 0 Å². The molecule has 0 amide bonds. The largest absolute Gasteiger partial charge is 0.387 e. The van der Waals surface area contributed by atoms with E-state index in [9.17, 15) is 8.78 Å². The molecule has 0 aliphatic heterocycles. The smallest absolute Gasteiger partial charge is 0.139 e. The predicted octanol–water partition coefficient (Wildman–Crippen LogP) is 2.15. The van der Waals surface area contributed by atoms with Gasteiger partial charge in [-0.05, 0) is 13.3 Å². The summed E-state index contributed by atoms with van der Waals surface area (Å²) in [5, 5.41) is 2.48. The molecule has 0 radical (unpaired) electrons. The zero-order chi connectivity index (χ0) is 8.15. The summed E-state index contributed by atoms with van der Waals surface area (Å²) in [6.45, 7) is 2.95. The van der Waals surface area contributed by atoms with E-state index in [1.807, 2.05) is 0 Å². The van der Waals surface area contributed by atoms with Crippen LogP contribution in [0.5, 0.6) is 0 Å². The third-order valence-corrected chi connectivity index (χ3v) is 1.27. The normalized spacial score (nSPS) is 16.1. The average molecular weight is 149 g/mol. The van der Waals surface area contributed by atoms with Crippen LogP contribution in [0.25, 0.3) is 0 Å². The van der Waals surface area contributed by atoms with Crippen LogP contribution in [0.2, 0.25) is 0 Å². The van der Waals surface area contributed by atoms with E-state index in [0.29, 0.717) is 0 Å². The Morgan fingerprint density at radius 1 is 1.60 bits per heavy atom. The van der Waals surface area contributed by atoms with E-state index >= 15 is 0 Å². The summed E-state index contributed by atoms with van der Waals surface area (Å²) >= 11 is 0. The molecule has 0 aromatic rings. The van der Waals surface area contributed by atoms with Crippen molar-refractivity contribution in [2.45, 2.75) is 26.4 Å². The molecule has 1 nitrogen and oxygen atoms in total. The van der Waals surface area contributed by atoms with Gasteiger partial charge in [-0.3, -0.25) is 0 Å². The van der Waals surface area contributed by atoms with Crippen molar-refractivity contribution in [1.82, 2.24) is 5.32 Å². The lowest BCUT2D eigenvalue weighted by Gasteiger charge is -2.08. The fraction of sp³-hybridized carbons (Fsp3) is 0.714. The highest BCUT2D eigenvalue weighted by Gasteiger charge is 2.09. The maximum atomic E-state index is 12.6. The highest BCUT2D eigenvalue weighted by molar-refractivity contribution is 5.09. The van der Waals surface area contributed by atoms with E-state index in [1.54, 1.807) is 6.92 Å². The molecule has 0 aliphatic rings. The van der Waals surface area contributed by atoms with Crippen molar-refractivity contribution in [1.29, 1.82) is 0 Å². The van der Waals surface area contributed by atoms with Crippen LogP contribution < -0.4 is 5.32 Å². The van der Waals surface area contributed by atoms with Crippen molar-refractivity contribution in [2.24, 2.45) is 0 Å². The Kier molecular flexibility index (Phi) is 4.00. The summed E-state index contributed by atoms with van der Waals surface area (Å²) < 4.78 is 25.1. The van der Waals surface area contributed by atoms with Gasteiger partial charge in [-0.1, -0.05) is 6.92 Å². The molecule has 0 aromatic carbocycles. The second-order valence-electron chi connectivity index (χ2n) is 2.04. The van der Waals surface area contributed by atoms with Gasteiger partial charge in [-0.15, -0.1) is 0 Å². The molecule has 1 unspecified atom stereocenters. The Balaban J connectivity index is 4.29. The minimum absolute atomic E-state index is 0.0579. The topological polar surface area (TPSA) is 12.0 Å². The zero-order valence-corrected chi connectivity index (χ0v) is 6.54. The van der Waals surface area contributed by atoms with Crippen LogP contribution in [0.3, 0.4) is 0 Å². The number of hydrogen-bond donors (Lipinski definition) is 1. The summed E-state index contributed by atoms with van der Waals surface area (Å²) in [5.74, 6) is -0.405. The van der Waals surface area contributed by atoms with Crippen LogP contribution in [0.1, 0.15) is 20.3 Å². The van der Waals surface area contributed by atoms with Crippen molar-refractivity contribution in [3.05, 3.63) is 11.5 Å². The monoisotopic (exact) mass is 149 g/mol. The molecule has 0 spiro atoms. The summed E-state index contributed by atoms with van der Waals surface area (Å²) in [5.41, 5.74) is 0.0579. The van der Waals surface area contributed by atoms with Crippen molar-refractivity contribution in [3.63, 3.8) is 0 Å². The molecule has 3 heteroatoms. The third kappa shape index (κ3) is 2.33. The molecule has 60 valence electrons. The van der Waals surface area contributed by atoms with Crippen molar-refractivity contribution >= 4 is 0 Å². The Morgan fingerprint density at radius 2 is 2.10 bits per heavy atom. The van der Waals surface area contributed by atoms with E-state index in [2.05, 4.69) is 5.32 Å². The minimum atomic E-state index is -1.25. The highest BCUT2D eigenvalue weighted by atomic mass is 19.1. The second kappa shape index (κ2) is 4.25. The zero-order valence-electron chi connectivity index (χ0n) is 6.54. The van der Waals surface area contributed by atoms with E-state index < -0.39 is 12.0 Å². The quantitative estimate of drug-likeness (QED) is 0.648. The fourth-order valence-electron chi connectivity index (χ4n) is 0.741. The first kappa shape index (κ1) is 9.40. The third-order valence-electron chi connectivity index (χ3n) is 1.27. The summed E-state index contributed by atoms with van der Waals surface area (Å²) in [4.78, 5) is 0. The van der Waals surface area contributed by atoms with Gasteiger partial charge in [0.15, 0.2) is 0 Å². The molecular formula is C7H13F2N. The maximum absolute atomic E-state index is 12.6. The molecule has 0 bridgehead atoms. The number of hydrogen-bond acceptors (Lipinski definition) is 1. The standard InChI is InChI=1S/C7H13F2N/c1-4-6(9)7(10-3)5(2)8/h5,10H,4H2,1-3H3/b7-6+. The van der Waals surface area contributed by atoms with Gasteiger partial charge in [-0.25, -0.2) is 8.78 Å². The van der Waals surface area contributed by atoms with Crippen molar-refractivity contribution in [2.75, 3.05) is 7.05 Å². The van der Waals surface area contributed by atoms with Gasteiger partial charge < -0.3 is 5.32 Å². The lowest BCUT2D eigenvalue weighted by Crippen LogP contribution is -2.16. The van der Waals surface area contributed by atoms with Gasteiger partial charge >= 0.3 is 0 Å². The lowest BCUT2D eigenvalue weighted by molar-refractivity contribution is 0.381. The molecule has 0 saturated carbocycles. The molecular weight excluding hydrogens is 136 g/mol. The van der Waals surface area contributed by atoms with Crippen LogP contribution >= 0.6 is 0 Å². The fourth-order valence-corrected chi connectivity index (χ4v) is 0.741. The van der Waals surface area contributed by atoms with Crippen molar-refractivity contribution in [3.8, 4) is 0 Å². The molecule has 10 heavy (non-hydrogen) atoms. The van der Waals surface area contributed by atoms with Crippen LogP contribution in [-0.2, 0) is 0 Å². The number of allylic oxidation sites excluding steroid dienone is 2. The van der Waals surface area contributed by atoms with Gasteiger partial charge in [-0.2, -0.15) is 0 Å². The van der Waals surface area contributed by atoms with Crippen LogP contribution in [0, 0.1) is 0 Å². The number of rotatable bonds is 3. The Labute approximate surface area is 60.1 Å². The number of halogens is 2. The van der Waals surface area contributed by atoms with Gasteiger partial charge in [0.2, 0.25) is 0 Å². The number of nitrogens with one attached hydrogen (secondary N) is 1. The molecule has 0 aromatic heterocycles. The second-order valence-corrected chi connectivity index (χ2v) is 2.04. The van der Waals surface area contributed by atoms with Crippen LogP contribution in [0.4, 0.5) is 8.78 Å². The average Bonchev–Trinajstić information content (AvgIpc) is 1.88. The predicted molar refractivity (Wildman–Crippen MR) is 38.1 cm³/mol. The molecule has 0 fully saturated rings. The molecule has 1 N–H and O–H groups in total. The molecule has 0 rings (SSSR count). The first-order chi connectivity index (χ1) is 4.63. The van der Waals surface area contributed by atoms with Gasteiger partial charge in [0.25, 0.3) is 0 Å². The van der Waals surface area contributed by atoms with Crippen LogP contribution in [-0.4, -0.2) is 13.2 Å².